The van der Waals surface area contributed by atoms with Gasteiger partial charge in [-0.2, -0.15) is 7.05 Å². The van der Waals surface area contributed by atoms with Gasteiger partial charge in [0.15, 0.2) is 0 Å². The molecule has 0 saturated heterocycles. The fraction of sp³-hybridized carbons (Fsp3) is 1.00. The average Bonchev–Trinajstić information content (AvgIpc) is 2.69. The Morgan fingerprint density at radius 1 is 1.12 bits per heavy atom. The van der Waals surface area contributed by atoms with E-state index >= 15 is 0 Å². The van der Waals surface area contributed by atoms with E-state index in [1.165, 1.54) is 25.7 Å². The van der Waals surface area contributed by atoms with Crippen molar-refractivity contribution < 1.29 is 0 Å². The van der Waals surface area contributed by atoms with Gasteiger partial charge in [-0.3, -0.25) is 0 Å². The molecule has 0 heterocycles. The third-order valence-corrected chi connectivity index (χ3v) is 6.81. The molecule has 3 aliphatic carbocycles. The fourth-order valence-electron chi connectivity index (χ4n) is 5.72. The van der Waals surface area contributed by atoms with E-state index in [0.717, 1.165) is 29.6 Å². The summed E-state index contributed by atoms with van der Waals surface area (Å²) in [5.74, 6) is 4.70. The van der Waals surface area contributed by atoms with E-state index in [9.17, 15) is 0 Å². The van der Waals surface area contributed by atoms with Crippen LogP contribution in [0.4, 0.5) is 0 Å². The zero-order valence-corrected chi connectivity index (χ0v) is 12.2. The van der Waals surface area contributed by atoms with E-state index in [0.29, 0.717) is 11.0 Å². The van der Waals surface area contributed by atoms with Crippen molar-refractivity contribution >= 4 is 0 Å². The molecule has 3 saturated carbocycles. The second kappa shape index (κ2) is 3.50. The van der Waals surface area contributed by atoms with Crippen LogP contribution >= 0.6 is 0 Å². The highest BCUT2D eigenvalue weighted by Gasteiger charge is 2.60. The normalized spacial score (nSPS) is 56.8. The molecule has 6 atom stereocenters. The van der Waals surface area contributed by atoms with Crippen molar-refractivity contribution in [2.45, 2.75) is 58.9 Å². The molecule has 0 aromatic carbocycles. The Kier molecular flexibility index (Phi) is 2.47. The molecule has 0 radical (unpaired) electrons. The van der Waals surface area contributed by atoms with Crippen molar-refractivity contribution in [2.24, 2.45) is 35.0 Å². The molecule has 3 rings (SSSR count). The van der Waals surface area contributed by atoms with E-state index in [1.54, 1.807) is 0 Å². The number of hydrogen-bond acceptors (Lipinski definition) is 0. The lowest BCUT2D eigenvalue weighted by atomic mass is 9.65. The first-order chi connectivity index (χ1) is 7.89. The molecule has 3 fully saturated rings. The van der Waals surface area contributed by atoms with E-state index in [2.05, 4.69) is 34.7 Å². The summed E-state index contributed by atoms with van der Waals surface area (Å²) in [6.45, 7) is 9.87. The monoisotopic (exact) mass is 234 g/mol. The Labute approximate surface area is 107 Å². The minimum absolute atomic E-state index is 0.298. The maximum Gasteiger partial charge on any atom is -0.0290 e. The summed E-state index contributed by atoms with van der Waals surface area (Å²) in [7, 11) is 2.05. The highest BCUT2D eigenvalue weighted by Crippen LogP contribution is 2.69. The highest BCUT2D eigenvalue weighted by molar-refractivity contribution is 5.19. The molecule has 1 nitrogen and oxygen atoms in total. The Hall–Kier alpha value is -0.0400. The molecular weight excluding hydrogens is 206 g/mol. The molecule has 98 valence electrons. The van der Waals surface area contributed by atoms with Gasteiger partial charge in [0.05, 0.1) is 0 Å². The van der Waals surface area contributed by atoms with Crippen LogP contribution in [0.25, 0.3) is 5.32 Å². The lowest BCUT2D eigenvalue weighted by molar-refractivity contribution is 0.125. The van der Waals surface area contributed by atoms with Gasteiger partial charge in [0, 0.05) is 0 Å². The second-order valence-corrected chi connectivity index (χ2v) is 7.96. The Bertz CT molecular complexity index is 323. The van der Waals surface area contributed by atoms with Gasteiger partial charge < -0.3 is 5.32 Å². The second-order valence-electron chi connectivity index (χ2n) is 7.96. The third kappa shape index (κ3) is 1.47. The van der Waals surface area contributed by atoms with Gasteiger partial charge in [0.25, 0.3) is 0 Å². The SMILES string of the molecule is C[N-][C@@]1(C)CC2C(C(C)C)CC3(C)CC1CC23. The van der Waals surface area contributed by atoms with Crippen LogP contribution in [-0.4, -0.2) is 12.6 Å². The van der Waals surface area contributed by atoms with Crippen LogP contribution in [-0.2, 0) is 0 Å². The van der Waals surface area contributed by atoms with E-state index in [-0.39, 0.29) is 0 Å². The molecular formula is C16H28N-. The summed E-state index contributed by atoms with van der Waals surface area (Å²) < 4.78 is 0. The van der Waals surface area contributed by atoms with Gasteiger partial charge >= 0.3 is 0 Å². The zero-order valence-electron chi connectivity index (χ0n) is 12.2. The highest BCUT2D eigenvalue weighted by atomic mass is 15.0. The first kappa shape index (κ1) is 12.0. The van der Waals surface area contributed by atoms with Crippen molar-refractivity contribution in [2.75, 3.05) is 7.05 Å². The number of fused-ring (bicyclic) bond motifs is 1. The minimum Gasteiger partial charge on any atom is -0.659 e. The van der Waals surface area contributed by atoms with Crippen LogP contribution in [0.5, 0.6) is 0 Å². The van der Waals surface area contributed by atoms with Crippen LogP contribution in [0.1, 0.15) is 53.4 Å². The van der Waals surface area contributed by atoms with Gasteiger partial charge in [-0.25, -0.2) is 0 Å². The maximum absolute atomic E-state index is 4.80. The lowest BCUT2D eigenvalue weighted by Gasteiger charge is -2.54. The van der Waals surface area contributed by atoms with Crippen molar-refractivity contribution in [1.29, 1.82) is 0 Å². The lowest BCUT2D eigenvalue weighted by Crippen LogP contribution is -2.41. The van der Waals surface area contributed by atoms with Crippen molar-refractivity contribution in [3.63, 3.8) is 0 Å². The van der Waals surface area contributed by atoms with Gasteiger partial charge in [-0.05, 0) is 48.3 Å². The first-order valence-electron chi connectivity index (χ1n) is 7.50. The minimum atomic E-state index is 0.298. The van der Waals surface area contributed by atoms with E-state index < -0.39 is 0 Å². The maximum atomic E-state index is 4.80. The molecule has 1 heteroatoms. The molecule has 0 spiro atoms. The summed E-state index contributed by atoms with van der Waals surface area (Å²) in [5, 5.41) is 4.80. The number of rotatable bonds is 2. The summed E-state index contributed by atoms with van der Waals surface area (Å²) in [4.78, 5) is 0. The summed E-state index contributed by atoms with van der Waals surface area (Å²) in [6, 6.07) is 0. The zero-order chi connectivity index (χ0) is 12.4. The molecule has 17 heavy (non-hydrogen) atoms. The van der Waals surface area contributed by atoms with Crippen molar-refractivity contribution in [1.82, 2.24) is 0 Å². The van der Waals surface area contributed by atoms with Crippen LogP contribution in [0, 0.1) is 35.0 Å². The first-order valence-corrected chi connectivity index (χ1v) is 7.50. The quantitative estimate of drug-likeness (QED) is 0.669. The average molecular weight is 234 g/mol. The van der Waals surface area contributed by atoms with Crippen LogP contribution < -0.4 is 0 Å². The number of nitrogens with zero attached hydrogens (tertiary/aromatic N) is 1. The molecule has 2 bridgehead atoms. The van der Waals surface area contributed by atoms with E-state index in [1.807, 2.05) is 0 Å². The van der Waals surface area contributed by atoms with Gasteiger partial charge in [-0.1, -0.05) is 40.0 Å². The summed E-state index contributed by atoms with van der Waals surface area (Å²) in [5.41, 5.74) is 0.958. The molecule has 0 aliphatic heterocycles. The molecule has 0 amide bonds. The molecule has 0 aromatic heterocycles. The van der Waals surface area contributed by atoms with Crippen molar-refractivity contribution in [3.8, 4) is 0 Å². The predicted octanol–water partition coefficient (Wildman–Crippen LogP) is 4.48. The molecule has 5 unspecified atom stereocenters. The standard InChI is InChI=1S/C16H28N/c1-10(2)12-8-15(3)7-11-6-14(15)13(12)9-16(11,4)17-5/h10-14H,6-9H2,1-5H3/q-1/t11?,12?,13?,14?,15?,16-/m0/s1. The van der Waals surface area contributed by atoms with Crippen LogP contribution in [0.3, 0.4) is 0 Å². The van der Waals surface area contributed by atoms with Crippen LogP contribution in [0.15, 0.2) is 0 Å². The Morgan fingerprint density at radius 3 is 2.41 bits per heavy atom. The Morgan fingerprint density at radius 2 is 1.82 bits per heavy atom. The van der Waals surface area contributed by atoms with Gasteiger partial charge in [-0.15, -0.1) is 5.54 Å². The molecule has 3 aliphatic rings. The largest absolute Gasteiger partial charge is 0.659 e. The van der Waals surface area contributed by atoms with E-state index in [4.69, 9.17) is 5.32 Å². The third-order valence-electron chi connectivity index (χ3n) is 6.81. The summed E-state index contributed by atoms with van der Waals surface area (Å²) in [6.07, 6.45) is 5.79. The summed E-state index contributed by atoms with van der Waals surface area (Å²) >= 11 is 0. The van der Waals surface area contributed by atoms with Gasteiger partial charge in [0.2, 0.25) is 0 Å². The smallest absolute Gasteiger partial charge is 0.0290 e. The number of hydrogen-bond donors (Lipinski definition) is 0. The van der Waals surface area contributed by atoms with Crippen molar-refractivity contribution in [3.05, 3.63) is 5.32 Å². The fourth-order valence-corrected chi connectivity index (χ4v) is 5.72. The molecule has 0 N–H and O–H groups in total. The molecule has 0 aromatic rings. The predicted molar refractivity (Wildman–Crippen MR) is 73.1 cm³/mol. The topological polar surface area (TPSA) is 14.1 Å². The van der Waals surface area contributed by atoms with Gasteiger partial charge in [0.1, 0.15) is 0 Å². The van der Waals surface area contributed by atoms with Crippen LogP contribution in [0.2, 0.25) is 0 Å². The Balaban J connectivity index is 1.95.